The molecular weight excluding hydrogens is 242 g/mol. The Morgan fingerprint density at radius 3 is 2.94 bits per heavy atom. The van der Waals surface area contributed by atoms with Crippen molar-refractivity contribution in [3.63, 3.8) is 0 Å². The Labute approximate surface area is 113 Å². The van der Waals surface area contributed by atoms with Crippen LogP contribution in [0.4, 0.5) is 0 Å². The van der Waals surface area contributed by atoms with Gasteiger partial charge >= 0.3 is 0 Å². The van der Waals surface area contributed by atoms with E-state index >= 15 is 0 Å². The van der Waals surface area contributed by atoms with Crippen molar-refractivity contribution in [3.05, 3.63) is 29.9 Å². The van der Waals surface area contributed by atoms with Crippen molar-refractivity contribution in [3.8, 4) is 10.7 Å². The van der Waals surface area contributed by atoms with Crippen LogP contribution in [0.15, 0.2) is 29.9 Å². The highest BCUT2D eigenvalue weighted by Gasteiger charge is 2.15. The highest BCUT2D eigenvalue weighted by Crippen LogP contribution is 2.25. The van der Waals surface area contributed by atoms with Gasteiger partial charge in [0.05, 0.1) is 4.88 Å². The van der Waals surface area contributed by atoms with Gasteiger partial charge < -0.3 is 10.3 Å². The molecule has 0 amide bonds. The van der Waals surface area contributed by atoms with Crippen LogP contribution in [-0.2, 0) is 6.54 Å². The predicted octanol–water partition coefficient (Wildman–Crippen LogP) is 3.38. The van der Waals surface area contributed by atoms with E-state index in [2.05, 4.69) is 47.1 Å². The Kier molecular flexibility index (Phi) is 4.19. The normalized spacial score (nSPS) is 11.9. The van der Waals surface area contributed by atoms with Gasteiger partial charge in [0.2, 0.25) is 0 Å². The van der Waals surface area contributed by atoms with Gasteiger partial charge in [0.15, 0.2) is 0 Å². The zero-order chi connectivity index (χ0) is 13.0. The third kappa shape index (κ3) is 3.21. The summed E-state index contributed by atoms with van der Waals surface area (Å²) in [5.41, 5.74) is 6.00. The number of hydrogen-bond donors (Lipinski definition) is 1. The van der Waals surface area contributed by atoms with Crippen molar-refractivity contribution >= 4 is 11.3 Å². The molecule has 4 heteroatoms. The lowest BCUT2D eigenvalue weighted by Crippen LogP contribution is -2.23. The fourth-order valence-corrected chi connectivity index (χ4v) is 2.69. The zero-order valence-electron chi connectivity index (χ0n) is 11.1. The van der Waals surface area contributed by atoms with Gasteiger partial charge in [-0.25, -0.2) is 4.98 Å². The number of hydrogen-bond acceptors (Lipinski definition) is 3. The summed E-state index contributed by atoms with van der Waals surface area (Å²) in [6.07, 6.45) is 6.22. The van der Waals surface area contributed by atoms with Crippen LogP contribution < -0.4 is 5.73 Å². The molecule has 2 aromatic rings. The molecule has 0 radical (unpaired) electrons. The maximum atomic E-state index is 5.76. The number of nitrogens with zero attached hydrogens (tertiary/aromatic N) is 2. The van der Waals surface area contributed by atoms with Crippen LogP contribution in [0, 0.1) is 5.41 Å². The first-order chi connectivity index (χ1) is 8.62. The molecule has 0 bridgehead atoms. The fraction of sp³-hybridized carbons (Fsp3) is 0.500. The molecule has 2 heterocycles. The van der Waals surface area contributed by atoms with Crippen LogP contribution in [-0.4, -0.2) is 16.1 Å². The summed E-state index contributed by atoms with van der Waals surface area (Å²) < 4.78 is 2.23. The van der Waals surface area contributed by atoms with Crippen molar-refractivity contribution < 1.29 is 0 Å². The quantitative estimate of drug-likeness (QED) is 0.868. The molecule has 0 atom stereocenters. The van der Waals surface area contributed by atoms with Gasteiger partial charge in [0.25, 0.3) is 0 Å². The maximum absolute atomic E-state index is 5.76. The van der Waals surface area contributed by atoms with Crippen LogP contribution in [0.5, 0.6) is 0 Å². The third-order valence-corrected chi connectivity index (χ3v) is 4.13. The standard InChI is InChI=1S/C14H21N3S/c1-14(2,11-15)6-4-8-17-9-7-16-13(17)12-5-3-10-18-12/h3,5,7,9-10H,4,6,8,11,15H2,1-2H3. The molecule has 0 aliphatic carbocycles. The second-order valence-corrected chi connectivity index (χ2v) is 6.34. The topological polar surface area (TPSA) is 43.8 Å². The van der Waals surface area contributed by atoms with Crippen molar-refractivity contribution in [2.75, 3.05) is 6.54 Å². The van der Waals surface area contributed by atoms with Crippen molar-refractivity contribution in [2.45, 2.75) is 33.2 Å². The minimum absolute atomic E-state index is 0.240. The van der Waals surface area contributed by atoms with E-state index in [0.29, 0.717) is 0 Å². The van der Waals surface area contributed by atoms with Crippen molar-refractivity contribution in [2.24, 2.45) is 11.1 Å². The number of aryl methyl sites for hydroxylation is 1. The first kappa shape index (κ1) is 13.3. The molecule has 0 aromatic carbocycles. The third-order valence-electron chi connectivity index (χ3n) is 3.26. The molecule has 2 aromatic heterocycles. The minimum Gasteiger partial charge on any atom is -0.330 e. The number of nitrogens with two attached hydrogens (primary N) is 1. The zero-order valence-corrected chi connectivity index (χ0v) is 11.9. The Bertz CT molecular complexity index is 471. The smallest absolute Gasteiger partial charge is 0.149 e. The second-order valence-electron chi connectivity index (χ2n) is 5.39. The van der Waals surface area contributed by atoms with E-state index in [1.54, 1.807) is 11.3 Å². The van der Waals surface area contributed by atoms with Crippen LogP contribution in [0.1, 0.15) is 26.7 Å². The van der Waals surface area contributed by atoms with Crippen molar-refractivity contribution in [1.82, 2.24) is 9.55 Å². The molecule has 0 spiro atoms. The van der Waals surface area contributed by atoms with Crippen molar-refractivity contribution in [1.29, 1.82) is 0 Å². The average Bonchev–Trinajstić information content (AvgIpc) is 2.98. The number of rotatable bonds is 6. The Hall–Kier alpha value is -1.13. The Balaban J connectivity index is 1.97. The number of imidazole rings is 1. The minimum atomic E-state index is 0.240. The van der Waals surface area contributed by atoms with Crippen LogP contribution >= 0.6 is 11.3 Å². The molecule has 98 valence electrons. The van der Waals surface area contributed by atoms with E-state index in [4.69, 9.17) is 5.73 Å². The lowest BCUT2D eigenvalue weighted by atomic mass is 9.88. The summed E-state index contributed by atoms with van der Waals surface area (Å²) >= 11 is 1.73. The SMILES string of the molecule is CC(C)(CN)CCCn1ccnc1-c1cccs1. The maximum Gasteiger partial charge on any atom is 0.149 e. The van der Waals surface area contributed by atoms with Crippen LogP contribution in [0.25, 0.3) is 10.7 Å². The van der Waals surface area contributed by atoms with Gasteiger partial charge in [-0.3, -0.25) is 0 Å². The first-order valence-corrected chi connectivity index (χ1v) is 7.25. The molecule has 0 saturated heterocycles. The van der Waals surface area contributed by atoms with Gasteiger partial charge in [0.1, 0.15) is 5.82 Å². The van der Waals surface area contributed by atoms with Gasteiger partial charge in [-0.2, -0.15) is 0 Å². The van der Waals surface area contributed by atoms with Crippen LogP contribution in [0.3, 0.4) is 0 Å². The molecule has 0 aliphatic heterocycles. The molecule has 0 saturated carbocycles. The molecule has 2 rings (SSSR count). The van der Waals surface area contributed by atoms with Crippen LogP contribution in [0.2, 0.25) is 0 Å². The average molecular weight is 263 g/mol. The summed E-state index contributed by atoms with van der Waals surface area (Å²) in [5, 5.41) is 2.09. The van der Waals surface area contributed by atoms with E-state index in [1.807, 2.05) is 6.20 Å². The molecule has 2 N–H and O–H groups in total. The first-order valence-electron chi connectivity index (χ1n) is 6.37. The Morgan fingerprint density at radius 2 is 2.28 bits per heavy atom. The number of aromatic nitrogens is 2. The van der Waals surface area contributed by atoms with Gasteiger partial charge in [-0.05, 0) is 36.2 Å². The lowest BCUT2D eigenvalue weighted by molar-refractivity contribution is 0.328. The molecule has 3 nitrogen and oxygen atoms in total. The summed E-state index contributed by atoms with van der Waals surface area (Å²) in [7, 11) is 0. The molecular formula is C14H21N3S. The molecule has 0 aliphatic rings. The van der Waals surface area contributed by atoms with Gasteiger partial charge in [-0.1, -0.05) is 19.9 Å². The molecule has 0 fully saturated rings. The highest BCUT2D eigenvalue weighted by atomic mass is 32.1. The lowest BCUT2D eigenvalue weighted by Gasteiger charge is -2.22. The summed E-state index contributed by atoms with van der Waals surface area (Å²) in [6, 6.07) is 4.18. The summed E-state index contributed by atoms with van der Waals surface area (Å²) in [6.45, 7) is 6.20. The molecule has 18 heavy (non-hydrogen) atoms. The predicted molar refractivity (Wildman–Crippen MR) is 77.6 cm³/mol. The van der Waals surface area contributed by atoms with Gasteiger partial charge in [0, 0.05) is 18.9 Å². The largest absolute Gasteiger partial charge is 0.330 e. The van der Waals surface area contributed by atoms with Gasteiger partial charge in [-0.15, -0.1) is 11.3 Å². The van der Waals surface area contributed by atoms with E-state index in [0.717, 1.165) is 31.8 Å². The monoisotopic (exact) mass is 263 g/mol. The fourth-order valence-electron chi connectivity index (χ4n) is 1.95. The van der Waals surface area contributed by atoms with E-state index < -0.39 is 0 Å². The number of thiophene rings is 1. The second kappa shape index (κ2) is 5.67. The molecule has 0 unspecified atom stereocenters. The Morgan fingerprint density at radius 1 is 1.44 bits per heavy atom. The van der Waals surface area contributed by atoms with E-state index in [-0.39, 0.29) is 5.41 Å². The van der Waals surface area contributed by atoms with E-state index in [9.17, 15) is 0 Å². The highest BCUT2D eigenvalue weighted by molar-refractivity contribution is 7.13. The van der Waals surface area contributed by atoms with E-state index in [1.165, 1.54) is 4.88 Å². The summed E-state index contributed by atoms with van der Waals surface area (Å²) in [5.74, 6) is 1.08. The summed E-state index contributed by atoms with van der Waals surface area (Å²) in [4.78, 5) is 5.68.